The third kappa shape index (κ3) is 3.90. The van der Waals surface area contributed by atoms with Crippen LogP contribution >= 0.6 is 27.5 Å². The lowest BCUT2D eigenvalue weighted by molar-refractivity contribution is 0.268. The van der Waals surface area contributed by atoms with Crippen LogP contribution < -0.4 is 9.47 Å². The van der Waals surface area contributed by atoms with Crippen molar-refractivity contribution in [3.63, 3.8) is 0 Å². The van der Waals surface area contributed by atoms with Gasteiger partial charge in [0.25, 0.3) is 0 Å². The first-order chi connectivity index (χ1) is 9.74. The van der Waals surface area contributed by atoms with Crippen molar-refractivity contribution in [2.45, 2.75) is 19.4 Å². The van der Waals surface area contributed by atoms with E-state index >= 15 is 0 Å². The smallest absolute Gasteiger partial charge is 0.161 e. The molecule has 0 heterocycles. The molecule has 0 amide bonds. The van der Waals surface area contributed by atoms with Gasteiger partial charge in [0.15, 0.2) is 11.5 Å². The van der Waals surface area contributed by atoms with Crippen LogP contribution in [0.1, 0.15) is 18.1 Å². The second-order valence-corrected chi connectivity index (χ2v) is 5.35. The summed E-state index contributed by atoms with van der Waals surface area (Å²) < 4.78 is 12.5. The van der Waals surface area contributed by atoms with E-state index in [2.05, 4.69) is 15.9 Å². The molecule has 0 fully saturated rings. The van der Waals surface area contributed by atoms with Gasteiger partial charge < -0.3 is 9.47 Å². The molecule has 2 aromatic rings. The summed E-state index contributed by atoms with van der Waals surface area (Å²) in [4.78, 5) is 0. The van der Waals surface area contributed by atoms with Gasteiger partial charge in [-0.15, -0.1) is 11.6 Å². The fourth-order valence-electron chi connectivity index (χ4n) is 1.79. The summed E-state index contributed by atoms with van der Waals surface area (Å²) in [7, 11) is 0. The van der Waals surface area contributed by atoms with Crippen molar-refractivity contribution in [2.24, 2.45) is 0 Å². The van der Waals surface area contributed by atoms with Crippen molar-refractivity contribution in [3.05, 3.63) is 58.1 Å². The number of rotatable bonds is 6. The number of halogens is 2. The molecule has 0 aliphatic rings. The van der Waals surface area contributed by atoms with Crippen LogP contribution in [0.4, 0.5) is 0 Å². The van der Waals surface area contributed by atoms with Gasteiger partial charge in [-0.05, 0) is 30.7 Å². The second-order valence-electron chi connectivity index (χ2n) is 4.23. The average Bonchev–Trinajstić information content (AvgIpc) is 2.47. The van der Waals surface area contributed by atoms with E-state index in [1.807, 2.05) is 49.4 Å². The Balaban J connectivity index is 2.14. The summed E-state index contributed by atoms with van der Waals surface area (Å²) in [6.45, 7) is 3.03. The Labute approximate surface area is 132 Å². The van der Waals surface area contributed by atoms with E-state index in [0.717, 1.165) is 27.1 Å². The molecule has 20 heavy (non-hydrogen) atoms. The number of alkyl halides is 1. The third-order valence-corrected chi connectivity index (χ3v) is 3.89. The predicted molar refractivity (Wildman–Crippen MR) is 85.6 cm³/mol. The van der Waals surface area contributed by atoms with Gasteiger partial charge in [0.2, 0.25) is 0 Å². The number of hydrogen-bond donors (Lipinski definition) is 0. The lowest BCUT2D eigenvalue weighted by Gasteiger charge is -2.13. The van der Waals surface area contributed by atoms with E-state index < -0.39 is 0 Å². The minimum absolute atomic E-state index is 0.463. The highest BCUT2D eigenvalue weighted by Gasteiger charge is 2.07. The molecule has 4 heteroatoms. The van der Waals surface area contributed by atoms with E-state index in [1.165, 1.54) is 0 Å². The van der Waals surface area contributed by atoms with Gasteiger partial charge >= 0.3 is 0 Å². The van der Waals surface area contributed by atoms with Gasteiger partial charge in [-0.2, -0.15) is 0 Å². The lowest BCUT2D eigenvalue weighted by Crippen LogP contribution is -2.00. The molecule has 0 atom stereocenters. The number of hydrogen-bond acceptors (Lipinski definition) is 2. The van der Waals surface area contributed by atoms with Crippen molar-refractivity contribution < 1.29 is 9.47 Å². The molecule has 0 aromatic heterocycles. The van der Waals surface area contributed by atoms with Gasteiger partial charge in [-0.3, -0.25) is 0 Å². The van der Waals surface area contributed by atoms with Crippen LogP contribution in [0.25, 0.3) is 0 Å². The van der Waals surface area contributed by atoms with Crippen molar-refractivity contribution in [1.29, 1.82) is 0 Å². The summed E-state index contributed by atoms with van der Waals surface area (Å²) in [6.07, 6.45) is 0. The van der Waals surface area contributed by atoms with E-state index in [0.29, 0.717) is 19.1 Å². The molecule has 0 aliphatic heterocycles. The summed E-state index contributed by atoms with van der Waals surface area (Å²) >= 11 is 9.36. The zero-order chi connectivity index (χ0) is 14.4. The summed E-state index contributed by atoms with van der Waals surface area (Å²) in [6, 6.07) is 13.8. The highest BCUT2D eigenvalue weighted by Crippen LogP contribution is 2.30. The molecule has 2 nitrogen and oxygen atoms in total. The molecule has 0 saturated heterocycles. The van der Waals surface area contributed by atoms with Crippen molar-refractivity contribution in [2.75, 3.05) is 6.61 Å². The van der Waals surface area contributed by atoms with Crippen LogP contribution in [0.3, 0.4) is 0 Å². The summed E-state index contributed by atoms with van der Waals surface area (Å²) in [5.74, 6) is 1.93. The molecule has 0 aliphatic carbocycles. The minimum Gasteiger partial charge on any atom is -0.490 e. The fraction of sp³-hybridized carbons (Fsp3) is 0.250. The normalized spacial score (nSPS) is 10.3. The number of benzene rings is 2. The summed E-state index contributed by atoms with van der Waals surface area (Å²) in [5.41, 5.74) is 2.11. The van der Waals surface area contributed by atoms with E-state index in [4.69, 9.17) is 21.1 Å². The predicted octanol–water partition coefficient (Wildman–Crippen LogP) is 5.17. The standard InChI is InChI=1S/C16H16BrClO2/c1-2-19-16-9-12(10-18)7-8-15(16)20-11-13-5-3-4-6-14(13)17/h3-9H,2,10-11H2,1H3. The molecular weight excluding hydrogens is 340 g/mol. The Hall–Kier alpha value is -1.19. The Morgan fingerprint density at radius 3 is 2.55 bits per heavy atom. The molecule has 2 aromatic carbocycles. The first-order valence-corrected chi connectivity index (χ1v) is 7.75. The minimum atomic E-state index is 0.463. The Morgan fingerprint density at radius 2 is 1.85 bits per heavy atom. The van der Waals surface area contributed by atoms with E-state index in [1.54, 1.807) is 0 Å². The van der Waals surface area contributed by atoms with Crippen molar-refractivity contribution >= 4 is 27.5 Å². The maximum absolute atomic E-state index is 5.86. The Kier molecular flexibility index (Phi) is 5.74. The quantitative estimate of drug-likeness (QED) is 0.666. The van der Waals surface area contributed by atoms with Gasteiger partial charge in [0.05, 0.1) is 6.61 Å². The van der Waals surface area contributed by atoms with Crippen LogP contribution in [-0.2, 0) is 12.5 Å². The highest BCUT2D eigenvalue weighted by atomic mass is 79.9. The lowest BCUT2D eigenvalue weighted by atomic mass is 10.2. The summed E-state index contributed by atoms with van der Waals surface area (Å²) in [5, 5.41) is 0. The van der Waals surface area contributed by atoms with Gasteiger partial charge in [0, 0.05) is 15.9 Å². The second kappa shape index (κ2) is 7.55. The zero-order valence-corrected chi connectivity index (χ0v) is 13.6. The highest BCUT2D eigenvalue weighted by molar-refractivity contribution is 9.10. The van der Waals surface area contributed by atoms with Crippen LogP contribution in [-0.4, -0.2) is 6.61 Å². The van der Waals surface area contributed by atoms with Crippen molar-refractivity contribution in [1.82, 2.24) is 0 Å². The van der Waals surface area contributed by atoms with E-state index in [-0.39, 0.29) is 0 Å². The van der Waals surface area contributed by atoms with Crippen molar-refractivity contribution in [3.8, 4) is 11.5 Å². The topological polar surface area (TPSA) is 18.5 Å². The largest absolute Gasteiger partial charge is 0.490 e. The molecule has 106 valence electrons. The maximum atomic E-state index is 5.86. The Morgan fingerprint density at radius 1 is 1.05 bits per heavy atom. The SMILES string of the molecule is CCOc1cc(CCl)ccc1OCc1ccccc1Br. The molecule has 0 N–H and O–H groups in total. The van der Waals surface area contributed by atoms with Crippen LogP contribution in [0.5, 0.6) is 11.5 Å². The third-order valence-electron chi connectivity index (χ3n) is 2.80. The van der Waals surface area contributed by atoms with Crippen LogP contribution in [0.2, 0.25) is 0 Å². The molecule has 0 radical (unpaired) electrons. The number of ether oxygens (including phenoxy) is 2. The maximum Gasteiger partial charge on any atom is 0.161 e. The fourth-order valence-corrected chi connectivity index (χ4v) is 2.36. The molecule has 0 spiro atoms. The molecular formula is C16H16BrClO2. The first-order valence-electron chi connectivity index (χ1n) is 6.42. The van der Waals surface area contributed by atoms with Crippen LogP contribution in [0, 0.1) is 0 Å². The van der Waals surface area contributed by atoms with Gasteiger partial charge in [0.1, 0.15) is 6.61 Å². The average molecular weight is 356 g/mol. The molecule has 0 bridgehead atoms. The molecule has 2 rings (SSSR count). The molecule has 0 saturated carbocycles. The first kappa shape index (κ1) is 15.2. The van der Waals surface area contributed by atoms with Gasteiger partial charge in [-0.25, -0.2) is 0 Å². The zero-order valence-electron chi connectivity index (χ0n) is 11.2. The van der Waals surface area contributed by atoms with Crippen LogP contribution in [0.15, 0.2) is 46.9 Å². The molecule has 0 unspecified atom stereocenters. The Bertz CT molecular complexity index is 572. The monoisotopic (exact) mass is 354 g/mol. The van der Waals surface area contributed by atoms with E-state index in [9.17, 15) is 0 Å². The van der Waals surface area contributed by atoms with Gasteiger partial charge in [-0.1, -0.05) is 40.2 Å².